The minimum absolute atomic E-state index is 0.335. The lowest BCUT2D eigenvalue weighted by atomic mass is 10.1. The highest BCUT2D eigenvalue weighted by molar-refractivity contribution is 6.42. The van der Waals surface area contributed by atoms with E-state index in [0.29, 0.717) is 22.5 Å². The molecule has 0 bridgehead atoms. The molecule has 2 heterocycles. The number of ether oxygens (including phenoxy) is 1. The third-order valence-corrected chi connectivity index (χ3v) is 5.56. The van der Waals surface area contributed by atoms with Crippen LogP contribution in [0.25, 0.3) is 12.2 Å². The van der Waals surface area contributed by atoms with Crippen molar-refractivity contribution in [3.05, 3.63) is 93.9 Å². The van der Waals surface area contributed by atoms with Crippen molar-refractivity contribution in [1.82, 2.24) is 20.0 Å². The van der Waals surface area contributed by atoms with Crippen molar-refractivity contribution in [3.8, 4) is 5.75 Å². The van der Waals surface area contributed by atoms with Gasteiger partial charge in [0, 0.05) is 18.8 Å². The molecule has 0 unspecified atom stereocenters. The average molecular weight is 469 g/mol. The summed E-state index contributed by atoms with van der Waals surface area (Å²) < 4.78 is 13.2. The first-order valence-corrected chi connectivity index (χ1v) is 11.0. The first kappa shape index (κ1) is 22.1. The molecule has 8 heteroatoms. The predicted octanol–water partition coefficient (Wildman–Crippen LogP) is 6.35. The highest BCUT2D eigenvalue weighted by Gasteiger charge is 2.04. The summed E-state index contributed by atoms with van der Waals surface area (Å²) in [5, 5.41) is 8.82. The molecule has 0 N–H and O–H groups in total. The van der Waals surface area contributed by atoms with Gasteiger partial charge < -0.3 is 9.15 Å². The van der Waals surface area contributed by atoms with Gasteiger partial charge in [-0.2, -0.15) is 0 Å². The second-order valence-electron chi connectivity index (χ2n) is 7.24. The zero-order valence-corrected chi connectivity index (χ0v) is 18.8. The molecule has 0 saturated carbocycles. The van der Waals surface area contributed by atoms with Crippen LogP contribution in [0.2, 0.25) is 10.0 Å². The number of unbranched alkanes of at least 4 members (excludes halogenated alkanes) is 1. The molecule has 2 aromatic carbocycles. The van der Waals surface area contributed by atoms with Crippen LogP contribution in [0.5, 0.6) is 5.75 Å². The quantitative estimate of drug-likeness (QED) is 0.254. The molecule has 32 heavy (non-hydrogen) atoms. The summed E-state index contributed by atoms with van der Waals surface area (Å²) in [6, 6.07) is 13.6. The van der Waals surface area contributed by atoms with E-state index >= 15 is 0 Å². The van der Waals surface area contributed by atoms with Crippen LogP contribution in [0, 0.1) is 0 Å². The molecule has 0 fully saturated rings. The lowest BCUT2D eigenvalue weighted by Gasteiger charge is -2.06. The van der Waals surface area contributed by atoms with Gasteiger partial charge in [0.2, 0.25) is 5.89 Å². The van der Waals surface area contributed by atoms with Gasteiger partial charge in [0.1, 0.15) is 24.3 Å². The summed E-state index contributed by atoms with van der Waals surface area (Å²) in [5.74, 6) is 1.29. The van der Waals surface area contributed by atoms with Gasteiger partial charge in [-0.25, -0.2) is 4.98 Å². The Hall–Kier alpha value is -3.09. The lowest BCUT2D eigenvalue weighted by Crippen LogP contribution is -1.99. The van der Waals surface area contributed by atoms with Crippen LogP contribution in [0.4, 0.5) is 0 Å². The first-order valence-electron chi connectivity index (χ1n) is 10.3. The average Bonchev–Trinajstić information content (AvgIpc) is 3.49. The summed E-state index contributed by atoms with van der Waals surface area (Å²) in [6.45, 7) is 1.23. The highest BCUT2D eigenvalue weighted by Crippen LogP contribution is 2.23. The molecule has 0 saturated heterocycles. The Morgan fingerprint density at radius 3 is 2.66 bits per heavy atom. The van der Waals surface area contributed by atoms with Gasteiger partial charge >= 0.3 is 0 Å². The number of oxazole rings is 1. The summed E-state index contributed by atoms with van der Waals surface area (Å²) >= 11 is 12.0. The number of rotatable bonds is 10. The largest absolute Gasteiger partial charge is 0.487 e. The van der Waals surface area contributed by atoms with Crippen molar-refractivity contribution in [3.63, 3.8) is 0 Å². The van der Waals surface area contributed by atoms with E-state index in [-0.39, 0.29) is 0 Å². The molecule has 0 spiro atoms. The first-order chi connectivity index (χ1) is 15.7. The van der Waals surface area contributed by atoms with Crippen LogP contribution in [0.3, 0.4) is 0 Å². The lowest BCUT2D eigenvalue weighted by molar-refractivity contribution is 0.301. The number of nitrogens with zero attached hydrogens (tertiary/aromatic N) is 4. The molecule has 0 amide bonds. The number of hydrogen-bond acceptors (Lipinski definition) is 5. The molecular weight excluding hydrogens is 447 g/mol. The van der Waals surface area contributed by atoms with E-state index in [0.717, 1.165) is 42.8 Å². The van der Waals surface area contributed by atoms with Crippen molar-refractivity contribution < 1.29 is 9.15 Å². The van der Waals surface area contributed by atoms with Gasteiger partial charge in [0.15, 0.2) is 0 Å². The molecule has 4 aromatic rings. The second kappa shape index (κ2) is 11.0. The fraction of sp³-hybridized carbons (Fsp3) is 0.208. The monoisotopic (exact) mass is 468 g/mol. The smallest absolute Gasteiger partial charge is 0.218 e. The maximum atomic E-state index is 6.03. The van der Waals surface area contributed by atoms with Crippen LogP contribution in [0.15, 0.2) is 65.5 Å². The Morgan fingerprint density at radius 2 is 1.88 bits per heavy atom. The maximum absolute atomic E-state index is 6.03. The maximum Gasteiger partial charge on any atom is 0.218 e. The summed E-state index contributed by atoms with van der Waals surface area (Å²) in [5.41, 5.74) is 2.91. The summed E-state index contributed by atoms with van der Waals surface area (Å²) in [7, 11) is 0. The van der Waals surface area contributed by atoms with E-state index in [4.69, 9.17) is 32.4 Å². The molecule has 0 radical (unpaired) electrons. The van der Waals surface area contributed by atoms with E-state index in [2.05, 4.69) is 27.4 Å². The van der Waals surface area contributed by atoms with Crippen molar-refractivity contribution in [1.29, 1.82) is 0 Å². The number of halogens is 2. The van der Waals surface area contributed by atoms with Crippen molar-refractivity contribution in [2.24, 2.45) is 0 Å². The van der Waals surface area contributed by atoms with Gasteiger partial charge in [-0.15, -0.1) is 5.10 Å². The zero-order valence-electron chi connectivity index (χ0n) is 17.3. The minimum atomic E-state index is 0.335. The van der Waals surface area contributed by atoms with Gasteiger partial charge in [0.25, 0.3) is 0 Å². The molecule has 164 valence electrons. The highest BCUT2D eigenvalue weighted by atomic mass is 35.5. The Balaban J connectivity index is 1.22. The molecule has 0 aliphatic heterocycles. The fourth-order valence-electron chi connectivity index (χ4n) is 3.11. The van der Waals surface area contributed by atoms with E-state index in [1.54, 1.807) is 30.7 Å². The molecule has 0 aliphatic rings. The standard InChI is InChI=1S/C24H22Cl2N4O2/c25-22-10-6-19(15-23(22)26)7-11-24-28-20(17-32-24)16-31-21-8-4-18(5-9-21)3-1-2-13-30-14-12-27-29-30/h4-12,14-15,17H,1-3,13,16H2. The van der Waals surface area contributed by atoms with Crippen LogP contribution >= 0.6 is 23.2 Å². The molecule has 0 aliphatic carbocycles. The predicted molar refractivity (Wildman–Crippen MR) is 126 cm³/mol. The Labute approximate surface area is 196 Å². The Kier molecular flexibility index (Phi) is 7.59. The van der Waals surface area contributed by atoms with Gasteiger partial charge in [0.05, 0.1) is 16.2 Å². The molecular formula is C24H22Cl2N4O2. The Bertz CT molecular complexity index is 1160. The molecule has 6 nitrogen and oxygen atoms in total. The van der Waals surface area contributed by atoms with E-state index in [1.165, 1.54) is 5.56 Å². The van der Waals surface area contributed by atoms with Gasteiger partial charge in [-0.3, -0.25) is 4.68 Å². The van der Waals surface area contributed by atoms with Crippen molar-refractivity contribution in [2.75, 3.05) is 0 Å². The number of aryl methyl sites for hydroxylation is 2. The zero-order chi connectivity index (χ0) is 22.2. The minimum Gasteiger partial charge on any atom is -0.487 e. The van der Waals surface area contributed by atoms with Crippen LogP contribution < -0.4 is 4.74 Å². The van der Waals surface area contributed by atoms with Gasteiger partial charge in [-0.05, 0) is 60.7 Å². The van der Waals surface area contributed by atoms with E-state index in [9.17, 15) is 0 Å². The molecule has 2 aromatic heterocycles. The van der Waals surface area contributed by atoms with Crippen LogP contribution in [-0.2, 0) is 19.6 Å². The normalized spacial score (nSPS) is 11.3. The number of aromatic nitrogens is 4. The topological polar surface area (TPSA) is 66.0 Å². The fourth-order valence-corrected chi connectivity index (χ4v) is 3.42. The van der Waals surface area contributed by atoms with Crippen LogP contribution in [0.1, 0.15) is 35.6 Å². The molecule has 0 atom stereocenters. The summed E-state index contributed by atoms with van der Waals surface area (Å²) in [6.07, 6.45) is 12.0. The Morgan fingerprint density at radius 1 is 1.00 bits per heavy atom. The van der Waals surface area contributed by atoms with Gasteiger partial charge in [-0.1, -0.05) is 46.6 Å². The number of benzene rings is 2. The molecule has 4 rings (SSSR count). The number of hydrogen-bond donors (Lipinski definition) is 0. The second-order valence-corrected chi connectivity index (χ2v) is 8.05. The third kappa shape index (κ3) is 6.45. The van der Waals surface area contributed by atoms with E-state index in [1.807, 2.05) is 35.2 Å². The van der Waals surface area contributed by atoms with Crippen molar-refractivity contribution in [2.45, 2.75) is 32.4 Å². The van der Waals surface area contributed by atoms with E-state index < -0.39 is 0 Å². The SMILES string of the molecule is Clc1ccc(C=Cc2nc(COc3ccc(CCCCn4ccnn4)cc3)co2)cc1Cl. The van der Waals surface area contributed by atoms with Crippen LogP contribution in [-0.4, -0.2) is 20.0 Å². The summed E-state index contributed by atoms with van der Waals surface area (Å²) in [4.78, 5) is 4.42. The van der Waals surface area contributed by atoms with Crippen molar-refractivity contribution >= 4 is 35.4 Å². The third-order valence-electron chi connectivity index (χ3n) is 4.82.